The molecule has 0 atom stereocenters. The molecule has 1 aromatic rings. The molecular formula is C13H16N2O3S. The van der Waals surface area contributed by atoms with Gasteiger partial charge in [-0.1, -0.05) is 12.1 Å². The number of nitriles is 1. The molecule has 1 aliphatic rings. The third-order valence-corrected chi connectivity index (χ3v) is 4.54. The third-order valence-electron chi connectivity index (χ3n) is 3.22. The minimum atomic E-state index is -3.39. The van der Waals surface area contributed by atoms with Crippen LogP contribution in [0.3, 0.4) is 0 Å². The quantitative estimate of drug-likeness (QED) is 0.832. The zero-order valence-electron chi connectivity index (χ0n) is 10.4. The maximum atomic E-state index is 11.9. The lowest BCUT2D eigenvalue weighted by Gasteiger charge is -2.31. The Bertz CT molecular complexity index is 586. The van der Waals surface area contributed by atoms with Crippen LogP contribution in [-0.2, 0) is 15.8 Å². The van der Waals surface area contributed by atoms with Gasteiger partial charge in [0.15, 0.2) is 0 Å². The highest BCUT2D eigenvalue weighted by Crippen LogP contribution is 2.26. The van der Waals surface area contributed by atoms with Gasteiger partial charge in [-0.2, -0.15) is 5.26 Å². The number of hydrogen-bond acceptors (Lipinski definition) is 4. The molecule has 19 heavy (non-hydrogen) atoms. The number of aliphatic hydroxyl groups is 1. The molecule has 0 bridgehead atoms. The fourth-order valence-electron chi connectivity index (χ4n) is 2.11. The van der Waals surface area contributed by atoms with E-state index < -0.39 is 10.0 Å². The van der Waals surface area contributed by atoms with Crippen LogP contribution in [0, 0.1) is 17.2 Å². The van der Waals surface area contributed by atoms with Crippen LogP contribution in [0.4, 0.5) is 0 Å². The van der Waals surface area contributed by atoms with E-state index in [1.54, 1.807) is 24.3 Å². The summed E-state index contributed by atoms with van der Waals surface area (Å²) in [7, 11) is -3.39. The molecule has 5 nitrogen and oxygen atoms in total. The number of benzene rings is 1. The van der Waals surface area contributed by atoms with Crippen molar-refractivity contribution in [1.29, 1.82) is 5.26 Å². The van der Waals surface area contributed by atoms with Gasteiger partial charge in [0, 0.05) is 6.54 Å². The Morgan fingerprint density at radius 1 is 1.42 bits per heavy atom. The molecule has 0 radical (unpaired) electrons. The summed E-state index contributed by atoms with van der Waals surface area (Å²) >= 11 is 0. The van der Waals surface area contributed by atoms with Crippen LogP contribution >= 0.6 is 0 Å². The zero-order valence-corrected chi connectivity index (χ0v) is 11.2. The van der Waals surface area contributed by atoms with E-state index in [4.69, 9.17) is 10.4 Å². The van der Waals surface area contributed by atoms with Gasteiger partial charge in [0.05, 0.1) is 23.5 Å². The molecule has 0 spiro atoms. The maximum absolute atomic E-state index is 11.9. The smallest absolute Gasteiger partial charge is 0.215 e. The minimum Gasteiger partial charge on any atom is -0.393 e. The van der Waals surface area contributed by atoms with Gasteiger partial charge in [-0.25, -0.2) is 13.1 Å². The minimum absolute atomic E-state index is 0.127. The molecule has 0 heterocycles. The second-order valence-electron chi connectivity index (χ2n) is 4.91. The molecular weight excluding hydrogens is 264 g/mol. The molecule has 0 amide bonds. The van der Waals surface area contributed by atoms with Crippen LogP contribution in [0.2, 0.25) is 0 Å². The molecule has 1 aliphatic carbocycles. The number of aliphatic hydroxyl groups excluding tert-OH is 1. The van der Waals surface area contributed by atoms with Gasteiger partial charge in [-0.15, -0.1) is 0 Å². The number of hydrogen-bond donors (Lipinski definition) is 2. The van der Waals surface area contributed by atoms with Crippen LogP contribution in [0.25, 0.3) is 0 Å². The summed E-state index contributed by atoms with van der Waals surface area (Å²) < 4.78 is 26.3. The molecule has 2 N–H and O–H groups in total. The molecule has 0 aromatic heterocycles. The van der Waals surface area contributed by atoms with Crippen LogP contribution in [0.15, 0.2) is 24.3 Å². The van der Waals surface area contributed by atoms with Gasteiger partial charge in [0.25, 0.3) is 0 Å². The zero-order chi connectivity index (χ0) is 13.9. The van der Waals surface area contributed by atoms with E-state index in [9.17, 15) is 8.42 Å². The lowest BCUT2D eigenvalue weighted by Crippen LogP contribution is -2.38. The summed E-state index contributed by atoms with van der Waals surface area (Å²) in [5, 5.41) is 17.9. The first-order valence-electron chi connectivity index (χ1n) is 6.13. The van der Waals surface area contributed by atoms with Crippen molar-refractivity contribution >= 4 is 10.0 Å². The number of sulfonamides is 1. The highest BCUT2D eigenvalue weighted by molar-refractivity contribution is 7.88. The van der Waals surface area contributed by atoms with Crippen molar-refractivity contribution in [2.45, 2.75) is 24.7 Å². The van der Waals surface area contributed by atoms with Crippen molar-refractivity contribution in [1.82, 2.24) is 4.72 Å². The van der Waals surface area contributed by atoms with Crippen LogP contribution in [-0.4, -0.2) is 26.2 Å². The largest absolute Gasteiger partial charge is 0.393 e. The Labute approximate surface area is 112 Å². The van der Waals surface area contributed by atoms with Gasteiger partial charge < -0.3 is 5.11 Å². The van der Waals surface area contributed by atoms with Gasteiger partial charge in [-0.3, -0.25) is 0 Å². The van der Waals surface area contributed by atoms with Crippen molar-refractivity contribution in [2.75, 3.05) is 6.54 Å². The van der Waals surface area contributed by atoms with Gasteiger partial charge in [0.1, 0.15) is 0 Å². The van der Waals surface area contributed by atoms with Gasteiger partial charge >= 0.3 is 0 Å². The lowest BCUT2D eigenvalue weighted by atomic mass is 9.83. The summed E-state index contributed by atoms with van der Waals surface area (Å²) in [6.45, 7) is 0.372. The van der Waals surface area contributed by atoms with Crippen LogP contribution in [0.5, 0.6) is 0 Å². The molecule has 0 saturated heterocycles. The monoisotopic (exact) mass is 280 g/mol. The molecule has 1 saturated carbocycles. The standard InChI is InChI=1S/C13H16N2O3S/c14-7-10-2-1-3-11(4-10)9-19(17,18)15-8-12-5-13(16)6-12/h1-4,12-13,15-16H,5-6,8-9H2. The molecule has 6 heteroatoms. The Balaban J connectivity index is 1.91. The second-order valence-corrected chi connectivity index (χ2v) is 6.72. The van der Waals surface area contributed by atoms with Crippen molar-refractivity contribution in [3.8, 4) is 6.07 Å². The molecule has 0 unspecified atom stereocenters. The summed E-state index contributed by atoms with van der Waals surface area (Å²) in [5.74, 6) is 0.104. The fourth-order valence-corrected chi connectivity index (χ4v) is 3.32. The van der Waals surface area contributed by atoms with Crippen molar-refractivity contribution in [2.24, 2.45) is 5.92 Å². The Hall–Kier alpha value is -1.42. The fraction of sp³-hybridized carbons (Fsp3) is 0.462. The molecule has 1 fully saturated rings. The Morgan fingerprint density at radius 3 is 2.79 bits per heavy atom. The number of nitrogens with zero attached hydrogens (tertiary/aromatic N) is 1. The van der Waals surface area contributed by atoms with Crippen LogP contribution in [0.1, 0.15) is 24.0 Å². The average Bonchev–Trinajstić information content (AvgIpc) is 2.33. The first kappa shape index (κ1) is 14.0. The topological polar surface area (TPSA) is 90.2 Å². The average molecular weight is 280 g/mol. The third kappa shape index (κ3) is 4.03. The maximum Gasteiger partial charge on any atom is 0.215 e. The van der Waals surface area contributed by atoms with E-state index >= 15 is 0 Å². The van der Waals surface area contributed by atoms with Crippen LogP contribution < -0.4 is 4.72 Å². The summed E-state index contributed by atoms with van der Waals surface area (Å²) in [4.78, 5) is 0. The first-order valence-corrected chi connectivity index (χ1v) is 7.78. The highest BCUT2D eigenvalue weighted by atomic mass is 32.2. The second kappa shape index (κ2) is 5.70. The Morgan fingerprint density at radius 2 is 2.16 bits per heavy atom. The predicted molar refractivity (Wildman–Crippen MR) is 70.5 cm³/mol. The lowest BCUT2D eigenvalue weighted by molar-refractivity contribution is 0.0453. The Kier molecular flexibility index (Phi) is 4.20. The van der Waals surface area contributed by atoms with Crippen molar-refractivity contribution in [3.63, 3.8) is 0 Å². The van der Waals surface area contributed by atoms with E-state index in [0.29, 0.717) is 30.5 Å². The summed E-state index contributed by atoms with van der Waals surface area (Å²) in [6, 6.07) is 8.56. The first-order chi connectivity index (χ1) is 8.98. The van der Waals surface area contributed by atoms with E-state index in [2.05, 4.69) is 4.72 Å². The summed E-state index contributed by atoms with van der Waals surface area (Å²) in [6.07, 6.45) is 1.04. The van der Waals surface area contributed by atoms with E-state index in [1.807, 2.05) is 6.07 Å². The molecule has 1 aromatic carbocycles. The van der Waals surface area contributed by atoms with E-state index in [1.165, 1.54) is 0 Å². The van der Waals surface area contributed by atoms with Gasteiger partial charge in [0.2, 0.25) is 10.0 Å². The molecule has 102 valence electrons. The summed E-state index contributed by atoms with van der Waals surface area (Å²) in [5.41, 5.74) is 1.05. The highest BCUT2D eigenvalue weighted by Gasteiger charge is 2.28. The molecule has 2 rings (SSSR count). The predicted octanol–water partition coefficient (Wildman–Crippen LogP) is 0.749. The normalized spacial score (nSPS) is 22.5. The van der Waals surface area contributed by atoms with E-state index in [-0.39, 0.29) is 17.8 Å². The SMILES string of the molecule is N#Cc1cccc(CS(=O)(=O)NCC2CC(O)C2)c1. The number of rotatable bonds is 5. The molecule has 0 aliphatic heterocycles. The van der Waals surface area contributed by atoms with Gasteiger partial charge in [-0.05, 0) is 36.5 Å². The number of nitrogens with one attached hydrogen (secondary N) is 1. The van der Waals surface area contributed by atoms with E-state index in [0.717, 1.165) is 0 Å². The van der Waals surface area contributed by atoms with Crippen molar-refractivity contribution < 1.29 is 13.5 Å². The van der Waals surface area contributed by atoms with Crippen molar-refractivity contribution in [3.05, 3.63) is 35.4 Å².